The van der Waals surface area contributed by atoms with Crippen LogP contribution < -0.4 is 15.4 Å². The van der Waals surface area contributed by atoms with Gasteiger partial charge in [-0.3, -0.25) is 0 Å². The highest BCUT2D eigenvalue weighted by atomic mass is 127. The molecule has 2 N–H and O–H groups in total. The lowest BCUT2D eigenvalue weighted by Gasteiger charge is -2.18. The first-order chi connectivity index (χ1) is 15.1. The van der Waals surface area contributed by atoms with E-state index in [2.05, 4.69) is 46.0 Å². The average Bonchev–Trinajstić information content (AvgIpc) is 3.51. The van der Waals surface area contributed by atoms with Crippen molar-refractivity contribution in [3.05, 3.63) is 41.0 Å². The molecule has 1 saturated carbocycles. The van der Waals surface area contributed by atoms with Gasteiger partial charge in [-0.1, -0.05) is 25.0 Å². The summed E-state index contributed by atoms with van der Waals surface area (Å²) in [6, 6.07) is 6.80. The van der Waals surface area contributed by atoms with Gasteiger partial charge in [0.15, 0.2) is 11.8 Å². The number of halogens is 1. The molecule has 2 aliphatic rings. The van der Waals surface area contributed by atoms with Crippen molar-refractivity contribution in [1.29, 1.82) is 0 Å². The zero-order valence-electron chi connectivity index (χ0n) is 19.3. The van der Waals surface area contributed by atoms with Gasteiger partial charge >= 0.3 is 0 Å². The molecule has 9 heteroatoms. The Morgan fingerprint density at radius 3 is 2.72 bits per heavy atom. The standard InChI is InChI=1S/C23H34N6O2.HI/c1-16-8-9-18(21(12-16)31-20-10-11-30-15-20)13-24-23(26-19-6-4-5-7-19)25-14-22-28-27-17(2)29(22)3;/h8-9,12,19-20H,4-7,10-11,13-15H2,1-3H3,(H2,24,25,26);1H. The van der Waals surface area contributed by atoms with Crippen LogP contribution in [0.2, 0.25) is 0 Å². The summed E-state index contributed by atoms with van der Waals surface area (Å²) in [5, 5.41) is 15.5. The second-order valence-corrected chi connectivity index (χ2v) is 8.58. The van der Waals surface area contributed by atoms with Crippen molar-refractivity contribution in [3.63, 3.8) is 0 Å². The van der Waals surface area contributed by atoms with Crippen LogP contribution in [0.4, 0.5) is 0 Å². The lowest BCUT2D eigenvalue weighted by atomic mass is 10.1. The fourth-order valence-electron chi connectivity index (χ4n) is 4.04. The van der Waals surface area contributed by atoms with Crippen molar-refractivity contribution >= 4 is 29.9 Å². The number of nitrogens with zero attached hydrogens (tertiary/aromatic N) is 4. The number of nitrogens with one attached hydrogen (secondary N) is 2. The van der Waals surface area contributed by atoms with Crippen LogP contribution in [0.25, 0.3) is 0 Å². The molecule has 4 rings (SSSR count). The molecule has 32 heavy (non-hydrogen) atoms. The fraction of sp³-hybridized carbons (Fsp3) is 0.609. The van der Waals surface area contributed by atoms with E-state index in [9.17, 15) is 0 Å². The van der Waals surface area contributed by atoms with Gasteiger partial charge in [0, 0.05) is 25.1 Å². The third kappa shape index (κ3) is 6.57. The largest absolute Gasteiger partial charge is 0.488 e. The lowest BCUT2D eigenvalue weighted by Crippen LogP contribution is -2.42. The second kappa shape index (κ2) is 11.8. The molecule has 2 fully saturated rings. The number of aryl methyl sites for hydroxylation is 2. The highest BCUT2D eigenvalue weighted by molar-refractivity contribution is 14.0. The van der Waals surface area contributed by atoms with E-state index in [-0.39, 0.29) is 30.1 Å². The number of aliphatic imine (C=N–C) groups is 1. The number of ether oxygens (including phenoxy) is 2. The van der Waals surface area contributed by atoms with E-state index < -0.39 is 0 Å². The summed E-state index contributed by atoms with van der Waals surface area (Å²) in [7, 11) is 1.98. The summed E-state index contributed by atoms with van der Waals surface area (Å²) in [6.07, 6.45) is 5.97. The van der Waals surface area contributed by atoms with Crippen molar-refractivity contribution in [2.24, 2.45) is 12.0 Å². The predicted molar refractivity (Wildman–Crippen MR) is 136 cm³/mol. The molecular weight excluding hydrogens is 519 g/mol. The van der Waals surface area contributed by atoms with Gasteiger partial charge in [-0.15, -0.1) is 34.2 Å². The fourth-order valence-corrected chi connectivity index (χ4v) is 4.04. The molecule has 1 atom stereocenters. The van der Waals surface area contributed by atoms with Crippen molar-refractivity contribution in [3.8, 4) is 5.75 Å². The van der Waals surface area contributed by atoms with Gasteiger partial charge in [0.1, 0.15) is 17.7 Å². The normalized spacial score (nSPS) is 19.1. The van der Waals surface area contributed by atoms with E-state index in [0.717, 1.165) is 41.9 Å². The van der Waals surface area contributed by atoms with Crippen molar-refractivity contribution in [2.45, 2.75) is 71.2 Å². The Bertz CT molecular complexity index is 904. The van der Waals surface area contributed by atoms with Crippen LogP contribution >= 0.6 is 24.0 Å². The van der Waals surface area contributed by atoms with Crippen LogP contribution in [0.5, 0.6) is 5.75 Å². The first-order valence-corrected chi connectivity index (χ1v) is 11.3. The Labute approximate surface area is 207 Å². The molecule has 0 radical (unpaired) electrons. The van der Waals surface area contributed by atoms with E-state index in [1.54, 1.807) is 0 Å². The van der Waals surface area contributed by atoms with Crippen LogP contribution in [0.15, 0.2) is 23.2 Å². The van der Waals surface area contributed by atoms with Crippen molar-refractivity contribution in [2.75, 3.05) is 13.2 Å². The van der Waals surface area contributed by atoms with E-state index in [0.29, 0.717) is 25.7 Å². The molecule has 1 saturated heterocycles. The van der Waals surface area contributed by atoms with E-state index in [4.69, 9.17) is 14.5 Å². The van der Waals surface area contributed by atoms with Crippen LogP contribution in [0.1, 0.15) is 54.9 Å². The van der Waals surface area contributed by atoms with Gasteiger partial charge in [0.2, 0.25) is 0 Å². The van der Waals surface area contributed by atoms with Gasteiger partial charge in [0.05, 0.1) is 26.3 Å². The van der Waals surface area contributed by atoms with Gasteiger partial charge in [-0.2, -0.15) is 0 Å². The van der Waals surface area contributed by atoms with Crippen LogP contribution in [0, 0.1) is 13.8 Å². The smallest absolute Gasteiger partial charge is 0.192 e. The molecule has 8 nitrogen and oxygen atoms in total. The highest BCUT2D eigenvalue weighted by Gasteiger charge is 2.19. The Hall–Kier alpha value is -1.88. The maximum atomic E-state index is 6.24. The molecule has 0 bridgehead atoms. The van der Waals surface area contributed by atoms with Crippen LogP contribution in [0.3, 0.4) is 0 Å². The summed E-state index contributed by atoms with van der Waals surface area (Å²) in [6.45, 7) is 6.59. The lowest BCUT2D eigenvalue weighted by molar-refractivity contribution is 0.140. The zero-order chi connectivity index (χ0) is 21.6. The van der Waals surface area contributed by atoms with Gasteiger partial charge in [0.25, 0.3) is 0 Å². The number of rotatable bonds is 7. The summed E-state index contributed by atoms with van der Waals surface area (Å²) < 4.78 is 13.7. The zero-order valence-corrected chi connectivity index (χ0v) is 21.6. The minimum absolute atomic E-state index is 0. The van der Waals surface area contributed by atoms with Crippen LogP contribution in [-0.4, -0.2) is 46.1 Å². The maximum Gasteiger partial charge on any atom is 0.192 e. The monoisotopic (exact) mass is 554 g/mol. The molecule has 2 heterocycles. The summed E-state index contributed by atoms with van der Waals surface area (Å²) in [5.74, 6) is 3.50. The summed E-state index contributed by atoms with van der Waals surface area (Å²) in [5.41, 5.74) is 2.27. The minimum atomic E-state index is 0. The van der Waals surface area contributed by atoms with Gasteiger partial charge in [-0.05, 0) is 38.3 Å². The molecule has 1 unspecified atom stereocenters. The van der Waals surface area contributed by atoms with E-state index in [1.807, 2.05) is 18.5 Å². The Balaban J connectivity index is 0.00000289. The highest BCUT2D eigenvalue weighted by Crippen LogP contribution is 2.25. The molecular formula is C23H35IN6O2. The van der Waals surface area contributed by atoms with E-state index >= 15 is 0 Å². The van der Waals surface area contributed by atoms with E-state index in [1.165, 1.54) is 31.2 Å². The summed E-state index contributed by atoms with van der Waals surface area (Å²) in [4.78, 5) is 4.90. The maximum absolute atomic E-state index is 6.24. The number of hydrogen-bond acceptors (Lipinski definition) is 5. The first kappa shape index (κ1) is 24.8. The molecule has 0 spiro atoms. The molecule has 1 aliphatic heterocycles. The molecule has 1 aromatic heterocycles. The molecule has 2 aromatic rings. The Morgan fingerprint density at radius 2 is 2.03 bits per heavy atom. The second-order valence-electron chi connectivity index (χ2n) is 8.58. The number of hydrogen-bond donors (Lipinski definition) is 2. The minimum Gasteiger partial charge on any atom is -0.488 e. The summed E-state index contributed by atoms with van der Waals surface area (Å²) >= 11 is 0. The molecule has 176 valence electrons. The third-order valence-electron chi connectivity index (χ3n) is 6.10. The topological polar surface area (TPSA) is 85.6 Å². The van der Waals surface area contributed by atoms with Crippen molar-refractivity contribution in [1.82, 2.24) is 25.4 Å². The quantitative estimate of drug-likeness (QED) is 0.310. The van der Waals surface area contributed by atoms with Gasteiger partial charge < -0.3 is 24.7 Å². The molecule has 1 aliphatic carbocycles. The average molecular weight is 554 g/mol. The third-order valence-corrected chi connectivity index (χ3v) is 6.10. The Kier molecular flexibility index (Phi) is 9.15. The first-order valence-electron chi connectivity index (χ1n) is 11.3. The van der Waals surface area contributed by atoms with Gasteiger partial charge in [-0.25, -0.2) is 4.99 Å². The van der Waals surface area contributed by atoms with Crippen LogP contribution in [-0.2, 0) is 24.9 Å². The predicted octanol–water partition coefficient (Wildman–Crippen LogP) is 3.40. The Morgan fingerprint density at radius 1 is 1.22 bits per heavy atom. The van der Waals surface area contributed by atoms with Crippen molar-refractivity contribution < 1.29 is 9.47 Å². The number of aromatic nitrogens is 3. The molecule has 0 amide bonds. The molecule has 1 aromatic carbocycles. The number of benzene rings is 1. The SMILES string of the molecule is Cc1ccc(CN=C(NCc2nnc(C)n2C)NC2CCCC2)c(OC2CCOC2)c1.I. The number of guanidine groups is 1.